The highest BCUT2D eigenvalue weighted by Gasteiger charge is 2.27. The van der Waals surface area contributed by atoms with Gasteiger partial charge >= 0.3 is 0 Å². The number of amides is 1. The third kappa shape index (κ3) is 5.29. The molecule has 0 unspecified atom stereocenters. The number of carbonyl (C=O) groups excluding carboxylic acids is 1. The molecule has 0 fully saturated rings. The Kier molecular flexibility index (Phi) is 6.95. The van der Waals surface area contributed by atoms with Gasteiger partial charge in [0.2, 0.25) is 5.91 Å². The number of nitrogens with zero attached hydrogens (tertiary/aromatic N) is 1. The van der Waals surface area contributed by atoms with E-state index in [1.807, 2.05) is 44.2 Å². The van der Waals surface area contributed by atoms with Gasteiger partial charge in [0, 0.05) is 4.47 Å². The Morgan fingerprint density at radius 1 is 1.00 bits per heavy atom. The minimum Gasteiger partial charge on any atom is -0.348 e. The number of benzene rings is 3. The van der Waals surface area contributed by atoms with Crippen molar-refractivity contribution in [1.29, 1.82) is 0 Å². The van der Waals surface area contributed by atoms with Crippen LogP contribution in [0.5, 0.6) is 0 Å². The van der Waals surface area contributed by atoms with Gasteiger partial charge in [-0.15, -0.1) is 0 Å². The highest BCUT2D eigenvalue weighted by atomic mass is 79.9. The Balaban J connectivity index is 1.90. The topological polar surface area (TPSA) is 66.5 Å². The Morgan fingerprint density at radius 2 is 1.67 bits per heavy atom. The monoisotopic (exact) mass is 486 g/mol. The highest BCUT2D eigenvalue weighted by Crippen LogP contribution is 2.26. The molecule has 3 rings (SSSR count). The Labute approximate surface area is 185 Å². The van der Waals surface area contributed by atoms with Crippen LogP contribution in [0.4, 0.5) is 5.69 Å². The summed E-state index contributed by atoms with van der Waals surface area (Å²) >= 11 is 3.38. The zero-order chi connectivity index (χ0) is 21.7. The number of rotatable bonds is 7. The second-order valence-electron chi connectivity index (χ2n) is 7.00. The number of hydrogen-bond acceptors (Lipinski definition) is 3. The van der Waals surface area contributed by atoms with E-state index >= 15 is 0 Å². The van der Waals surface area contributed by atoms with Crippen molar-refractivity contribution >= 4 is 37.5 Å². The summed E-state index contributed by atoms with van der Waals surface area (Å²) in [5.41, 5.74) is 2.31. The van der Waals surface area contributed by atoms with Crippen molar-refractivity contribution in [2.24, 2.45) is 0 Å². The van der Waals surface area contributed by atoms with Gasteiger partial charge in [0.15, 0.2) is 0 Å². The van der Waals surface area contributed by atoms with Crippen LogP contribution in [0.15, 0.2) is 88.2 Å². The van der Waals surface area contributed by atoms with E-state index in [0.29, 0.717) is 5.69 Å². The summed E-state index contributed by atoms with van der Waals surface area (Å²) in [5.74, 6) is -0.387. The number of aryl methyl sites for hydroxylation is 1. The van der Waals surface area contributed by atoms with Gasteiger partial charge in [-0.1, -0.05) is 70.0 Å². The van der Waals surface area contributed by atoms with Crippen molar-refractivity contribution in [2.45, 2.75) is 24.8 Å². The average molecular weight is 487 g/mol. The smallest absolute Gasteiger partial charge is 0.264 e. The predicted molar refractivity (Wildman–Crippen MR) is 123 cm³/mol. The number of halogens is 1. The SMILES string of the molecule is Cc1ccc(S(=O)(=O)N(CC(=O)N[C@H](C)c2ccccc2)c2cccc(Br)c2)cc1. The molecule has 1 N–H and O–H groups in total. The van der Waals surface area contributed by atoms with Gasteiger partial charge in [-0.3, -0.25) is 9.10 Å². The lowest BCUT2D eigenvalue weighted by atomic mass is 10.1. The molecular weight excluding hydrogens is 464 g/mol. The van der Waals surface area contributed by atoms with Crippen molar-refractivity contribution in [1.82, 2.24) is 5.32 Å². The zero-order valence-electron chi connectivity index (χ0n) is 16.7. The van der Waals surface area contributed by atoms with Crippen LogP contribution < -0.4 is 9.62 Å². The molecule has 0 aromatic heterocycles. The van der Waals surface area contributed by atoms with Gasteiger partial charge in [0.05, 0.1) is 16.6 Å². The Bertz CT molecular complexity index is 1120. The molecule has 30 heavy (non-hydrogen) atoms. The molecule has 0 aliphatic carbocycles. The van der Waals surface area contributed by atoms with Crippen molar-refractivity contribution in [2.75, 3.05) is 10.8 Å². The number of anilines is 1. The van der Waals surface area contributed by atoms with Crippen LogP contribution in [0, 0.1) is 6.92 Å². The predicted octanol–water partition coefficient (Wildman–Crippen LogP) is 4.83. The number of carbonyl (C=O) groups is 1. The van der Waals surface area contributed by atoms with Crippen LogP contribution in [0.25, 0.3) is 0 Å². The summed E-state index contributed by atoms with van der Waals surface area (Å²) in [6, 6.07) is 22.8. The van der Waals surface area contributed by atoms with Gasteiger partial charge < -0.3 is 5.32 Å². The lowest BCUT2D eigenvalue weighted by Crippen LogP contribution is -2.41. The molecule has 0 radical (unpaired) electrons. The van der Waals surface area contributed by atoms with Crippen LogP contribution in [0.1, 0.15) is 24.1 Å². The largest absolute Gasteiger partial charge is 0.348 e. The van der Waals surface area contributed by atoms with E-state index in [9.17, 15) is 13.2 Å². The Hall–Kier alpha value is -2.64. The standard InChI is InChI=1S/C23H23BrN2O3S/c1-17-11-13-22(14-12-17)30(28,29)26(21-10-6-9-20(24)15-21)16-23(27)25-18(2)19-7-4-3-5-8-19/h3-15,18H,16H2,1-2H3,(H,25,27)/t18-/m1/s1. The molecule has 1 amide bonds. The van der Waals surface area contributed by atoms with Gasteiger partial charge in [0.25, 0.3) is 10.0 Å². The number of hydrogen-bond donors (Lipinski definition) is 1. The molecule has 1 atom stereocenters. The average Bonchev–Trinajstić information content (AvgIpc) is 2.73. The molecule has 0 heterocycles. The van der Waals surface area contributed by atoms with E-state index in [0.717, 1.165) is 19.9 Å². The molecule has 0 saturated heterocycles. The first-order chi connectivity index (χ1) is 14.3. The van der Waals surface area contributed by atoms with E-state index in [-0.39, 0.29) is 23.4 Å². The van der Waals surface area contributed by atoms with Gasteiger partial charge in [0.1, 0.15) is 6.54 Å². The zero-order valence-corrected chi connectivity index (χ0v) is 19.2. The maximum Gasteiger partial charge on any atom is 0.264 e. The molecular formula is C23H23BrN2O3S. The fraction of sp³-hybridized carbons (Fsp3) is 0.174. The van der Waals surface area contributed by atoms with E-state index in [1.165, 1.54) is 0 Å². The minimum atomic E-state index is -3.93. The van der Waals surface area contributed by atoms with Crippen molar-refractivity contribution in [3.63, 3.8) is 0 Å². The quantitative estimate of drug-likeness (QED) is 0.519. The summed E-state index contributed by atoms with van der Waals surface area (Å²) in [5, 5.41) is 2.89. The summed E-state index contributed by atoms with van der Waals surface area (Å²) < 4.78 is 28.6. The molecule has 3 aromatic rings. The summed E-state index contributed by atoms with van der Waals surface area (Å²) in [6.07, 6.45) is 0. The first-order valence-electron chi connectivity index (χ1n) is 9.46. The van der Waals surface area contributed by atoms with Crippen molar-refractivity contribution < 1.29 is 13.2 Å². The third-order valence-electron chi connectivity index (χ3n) is 4.67. The first-order valence-corrected chi connectivity index (χ1v) is 11.7. The van der Waals surface area contributed by atoms with Crippen LogP contribution in [-0.2, 0) is 14.8 Å². The van der Waals surface area contributed by atoms with Crippen molar-refractivity contribution in [3.8, 4) is 0 Å². The molecule has 0 aliphatic heterocycles. The van der Waals surface area contributed by atoms with Crippen LogP contribution >= 0.6 is 15.9 Å². The lowest BCUT2D eigenvalue weighted by molar-refractivity contribution is -0.120. The van der Waals surface area contributed by atoms with Crippen LogP contribution in [-0.4, -0.2) is 20.9 Å². The fourth-order valence-corrected chi connectivity index (χ4v) is 4.83. The van der Waals surface area contributed by atoms with E-state index in [2.05, 4.69) is 21.2 Å². The molecule has 0 aliphatic rings. The lowest BCUT2D eigenvalue weighted by Gasteiger charge is -2.25. The fourth-order valence-electron chi connectivity index (χ4n) is 3.03. The molecule has 0 bridgehead atoms. The van der Waals surface area contributed by atoms with Crippen molar-refractivity contribution in [3.05, 3.63) is 94.5 Å². The molecule has 5 nitrogen and oxygen atoms in total. The second kappa shape index (κ2) is 9.45. The molecule has 3 aromatic carbocycles. The summed E-state index contributed by atoms with van der Waals surface area (Å²) in [6.45, 7) is 3.43. The van der Waals surface area contributed by atoms with E-state index < -0.39 is 10.0 Å². The molecule has 156 valence electrons. The summed E-state index contributed by atoms with van der Waals surface area (Å²) in [7, 11) is -3.93. The Morgan fingerprint density at radius 3 is 2.30 bits per heavy atom. The minimum absolute atomic E-state index is 0.136. The van der Waals surface area contributed by atoms with Gasteiger partial charge in [-0.25, -0.2) is 8.42 Å². The normalized spacial score (nSPS) is 12.2. The highest BCUT2D eigenvalue weighted by molar-refractivity contribution is 9.10. The molecule has 0 spiro atoms. The maximum atomic E-state index is 13.4. The number of sulfonamides is 1. The van der Waals surface area contributed by atoms with Crippen LogP contribution in [0.3, 0.4) is 0 Å². The van der Waals surface area contributed by atoms with Crippen LogP contribution in [0.2, 0.25) is 0 Å². The first kappa shape index (κ1) is 22.1. The van der Waals surface area contributed by atoms with Gasteiger partial charge in [-0.05, 0) is 49.7 Å². The maximum absolute atomic E-state index is 13.4. The molecule has 7 heteroatoms. The van der Waals surface area contributed by atoms with E-state index in [1.54, 1.807) is 48.5 Å². The second-order valence-corrected chi connectivity index (χ2v) is 9.78. The van der Waals surface area contributed by atoms with Gasteiger partial charge in [-0.2, -0.15) is 0 Å². The summed E-state index contributed by atoms with van der Waals surface area (Å²) in [4.78, 5) is 12.9. The third-order valence-corrected chi connectivity index (χ3v) is 6.95. The molecule has 0 saturated carbocycles. The van der Waals surface area contributed by atoms with E-state index in [4.69, 9.17) is 0 Å². The number of nitrogens with one attached hydrogen (secondary N) is 1.